The quantitative estimate of drug-likeness (QED) is 0.754. The number of H-pyrrole nitrogens is 1. The highest BCUT2D eigenvalue weighted by atomic mass is 16.1. The number of aromatic amines is 1. The number of nitrogens with one attached hydrogen (secondary N) is 2. The Morgan fingerprint density at radius 2 is 1.76 bits per heavy atom. The zero-order valence-corrected chi connectivity index (χ0v) is 11.6. The average Bonchev–Trinajstić information content (AvgIpc) is 2.95. The van der Waals surface area contributed by atoms with Crippen LogP contribution in [0.4, 0.5) is 5.69 Å². The summed E-state index contributed by atoms with van der Waals surface area (Å²) < 4.78 is 1.58. The summed E-state index contributed by atoms with van der Waals surface area (Å²) in [5, 5.41) is 3.39. The van der Waals surface area contributed by atoms with Crippen molar-refractivity contribution in [2.24, 2.45) is 0 Å². The number of anilines is 1. The number of imidazole rings is 1. The third kappa shape index (κ3) is 3.23. The number of benzene rings is 2. The van der Waals surface area contributed by atoms with Gasteiger partial charge in [-0.05, 0) is 36.2 Å². The fourth-order valence-electron chi connectivity index (χ4n) is 2.26. The Morgan fingerprint density at radius 1 is 1.00 bits per heavy atom. The zero-order valence-electron chi connectivity index (χ0n) is 11.6. The van der Waals surface area contributed by atoms with Gasteiger partial charge in [-0.3, -0.25) is 4.57 Å². The molecule has 1 heterocycles. The number of nitrogens with zero attached hydrogens (tertiary/aromatic N) is 1. The lowest BCUT2D eigenvalue weighted by atomic mass is 10.1. The van der Waals surface area contributed by atoms with Crippen molar-refractivity contribution in [1.82, 2.24) is 9.55 Å². The standard InChI is InChI=1S/C17H17N3O/c21-17-19-12-13-20(17)16-8-6-15(7-9-16)18-11-10-14-4-2-1-3-5-14/h1-9,12-13,18H,10-11H2,(H,19,21). The molecule has 3 rings (SSSR count). The van der Waals surface area contributed by atoms with Crippen LogP contribution in [0.5, 0.6) is 0 Å². The normalized spacial score (nSPS) is 10.5. The SMILES string of the molecule is O=c1[nH]ccn1-c1ccc(NCCc2ccccc2)cc1. The molecule has 0 aliphatic carbocycles. The van der Waals surface area contributed by atoms with E-state index in [0.717, 1.165) is 24.3 Å². The summed E-state index contributed by atoms with van der Waals surface area (Å²) in [5.41, 5.74) is 3.11. The monoisotopic (exact) mass is 279 g/mol. The van der Waals surface area contributed by atoms with Crippen LogP contribution < -0.4 is 11.0 Å². The molecule has 0 aliphatic rings. The predicted octanol–water partition coefficient (Wildman–Crippen LogP) is 2.82. The molecule has 21 heavy (non-hydrogen) atoms. The maximum atomic E-state index is 11.5. The van der Waals surface area contributed by atoms with Crippen molar-refractivity contribution >= 4 is 5.69 Å². The number of rotatable bonds is 5. The van der Waals surface area contributed by atoms with E-state index in [1.54, 1.807) is 17.0 Å². The van der Waals surface area contributed by atoms with Gasteiger partial charge in [0.15, 0.2) is 0 Å². The Labute approximate surface area is 123 Å². The molecule has 0 atom stereocenters. The molecule has 0 saturated heterocycles. The summed E-state index contributed by atoms with van der Waals surface area (Å²) in [6.45, 7) is 0.882. The van der Waals surface area contributed by atoms with Crippen LogP contribution in [0.2, 0.25) is 0 Å². The lowest BCUT2D eigenvalue weighted by Crippen LogP contribution is -2.13. The van der Waals surface area contributed by atoms with Crippen molar-refractivity contribution in [1.29, 1.82) is 0 Å². The number of hydrogen-bond acceptors (Lipinski definition) is 2. The van der Waals surface area contributed by atoms with E-state index in [4.69, 9.17) is 0 Å². The summed E-state index contributed by atoms with van der Waals surface area (Å²) in [5.74, 6) is 0. The van der Waals surface area contributed by atoms with Gasteiger partial charge in [-0.2, -0.15) is 0 Å². The van der Waals surface area contributed by atoms with Gasteiger partial charge in [0.2, 0.25) is 0 Å². The second-order valence-electron chi connectivity index (χ2n) is 4.84. The molecule has 0 fully saturated rings. The van der Waals surface area contributed by atoms with Crippen molar-refractivity contribution < 1.29 is 0 Å². The van der Waals surface area contributed by atoms with Gasteiger partial charge in [0.1, 0.15) is 0 Å². The Kier molecular flexibility index (Phi) is 3.87. The van der Waals surface area contributed by atoms with Crippen molar-refractivity contribution in [3.05, 3.63) is 83.0 Å². The molecule has 1 aromatic heterocycles. The highest BCUT2D eigenvalue weighted by Crippen LogP contribution is 2.12. The van der Waals surface area contributed by atoms with Gasteiger partial charge < -0.3 is 10.3 Å². The lowest BCUT2D eigenvalue weighted by Gasteiger charge is -2.08. The molecule has 0 amide bonds. The summed E-state index contributed by atoms with van der Waals surface area (Å²) in [6, 6.07) is 18.2. The second kappa shape index (κ2) is 6.13. The van der Waals surface area contributed by atoms with Gasteiger partial charge in [0.25, 0.3) is 0 Å². The molecule has 4 nitrogen and oxygen atoms in total. The molecule has 2 N–H and O–H groups in total. The van der Waals surface area contributed by atoms with E-state index in [9.17, 15) is 4.79 Å². The molecule has 3 aromatic rings. The topological polar surface area (TPSA) is 49.8 Å². The largest absolute Gasteiger partial charge is 0.385 e. The Hall–Kier alpha value is -2.75. The van der Waals surface area contributed by atoms with E-state index in [-0.39, 0.29) is 5.69 Å². The Bertz CT molecular complexity index is 741. The van der Waals surface area contributed by atoms with E-state index in [1.807, 2.05) is 30.3 Å². The molecule has 0 radical (unpaired) electrons. The molecule has 4 heteroatoms. The van der Waals surface area contributed by atoms with Crippen LogP contribution in [-0.4, -0.2) is 16.1 Å². The fourth-order valence-corrected chi connectivity index (χ4v) is 2.26. The molecule has 106 valence electrons. The highest BCUT2D eigenvalue weighted by molar-refractivity contribution is 5.48. The first-order valence-electron chi connectivity index (χ1n) is 6.97. The van der Waals surface area contributed by atoms with Crippen LogP contribution in [0.15, 0.2) is 71.8 Å². The Balaban J connectivity index is 1.60. The van der Waals surface area contributed by atoms with E-state index >= 15 is 0 Å². The lowest BCUT2D eigenvalue weighted by molar-refractivity contribution is 0.985. The number of aromatic nitrogens is 2. The van der Waals surface area contributed by atoms with Crippen molar-refractivity contribution in [3.8, 4) is 5.69 Å². The first-order valence-corrected chi connectivity index (χ1v) is 6.97. The Morgan fingerprint density at radius 3 is 2.43 bits per heavy atom. The predicted molar refractivity (Wildman–Crippen MR) is 85.0 cm³/mol. The molecular formula is C17H17N3O. The van der Waals surface area contributed by atoms with Crippen LogP contribution in [-0.2, 0) is 6.42 Å². The van der Waals surface area contributed by atoms with Crippen LogP contribution in [0, 0.1) is 0 Å². The summed E-state index contributed by atoms with van der Waals surface area (Å²) in [7, 11) is 0. The first-order chi connectivity index (χ1) is 10.3. The first kappa shape index (κ1) is 13.2. The minimum atomic E-state index is -0.125. The van der Waals surface area contributed by atoms with Gasteiger partial charge >= 0.3 is 5.69 Å². The fraction of sp³-hybridized carbons (Fsp3) is 0.118. The maximum Gasteiger partial charge on any atom is 0.330 e. The smallest absolute Gasteiger partial charge is 0.330 e. The molecule has 0 saturated carbocycles. The van der Waals surface area contributed by atoms with E-state index < -0.39 is 0 Å². The van der Waals surface area contributed by atoms with Crippen LogP contribution in [0.3, 0.4) is 0 Å². The van der Waals surface area contributed by atoms with Gasteiger partial charge in [-0.25, -0.2) is 4.79 Å². The minimum absolute atomic E-state index is 0.125. The van der Waals surface area contributed by atoms with Crippen molar-refractivity contribution in [3.63, 3.8) is 0 Å². The van der Waals surface area contributed by atoms with Crippen molar-refractivity contribution in [2.75, 3.05) is 11.9 Å². The second-order valence-corrected chi connectivity index (χ2v) is 4.84. The summed E-state index contributed by atoms with van der Waals surface area (Å²) >= 11 is 0. The average molecular weight is 279 g/mol. The van der Waals surface area contributed by atoms with Gasteiger partial charge in [-0.15, -0.1) is 0 Å². The van der Waals surface area contributed by atoms with E-state index in [1.165, 1.54) is 5.56 Å². The minimum Gasteiger partial charge on any atom is -0.385 e. The van der Waals surface area contributed by atoms with Gasteiger partial charge in [0.05, 0.1) is 5.69 Å². The van der Waals surface area contributed by atoms with E-state index in [0.29, 0.717) is 0 Å². The third-order valence-electron chi connectivity index (χ3n) is 3.38. The molecule has 0 aliphatic heterocycles. The van der Waals surface area contributed by atoms with Gasteiger partial charge in [-0.1, -0.05) is 30.3 Å². The van der Waals surface area contributed by atoms with Crippen LogP contribution >= 0.6 is 0 Å². The zero-order chi connectivity index (χ0) is 14.5. The number of hydrogen-bond donors (Lipinski definition) is 2. The van der Waals surface area contributed by atoms with E-state index in [2.05, 4.69) is 34.6 Å². The maximum absolute atomic E-state index is 11.5. The summed E-state index contributed by atoms with van der Waals surface area (Å²) in [6.07, 6.45) is 4.34. The van der Waals surface area contributed by atoms with Crippen LogP contribution in [0.1, 0.15) is 5.56 Å². The van der Waals surface area contributed by atoms with Crippen LogP contribution in [0.25, 0.3) is 5.69 Å². The molecule has 2 aromatic carbocycles. The highest BCUT2D eigenvalue weighted by Gasteiger charge is 2.00. The third-order valence-corrected chi connectivity index (χ3v) is 3.38. The van der Waals surface area contributed by atoms with Gasteiger partial charge in [0, 0.05) is 24.6 Å². The molecule has 0 bridgehead atoms. The molecule has 0 spiro atoms. The molecule has 0 unspecified atom stereocenters. The summed E-state index contributed by atoms with van der Waals surface area (Å²) in [4.78, 5) is 14.2. The molecular weight excluding hydrogens is 262 g/mol. The van der Waals surface area contributed by atoms with Crippen molar-refractivity contribution in [2.45, 2.75) is 6.42 Å².